The number of sulfonamides is 1. The van der Waals surface area contributed by atoms with Crippen LogP contribution in [0.3, 0.4) is 0 Å². The fourth-order valence-electron chi connectivity index (χ4n) is 3.08. The van der Waals surface area contributed by atoms with Crippen LogP contribution in [-0.2, 0) is 23.1 Å². The quantitative estimate of drug-likeness (QED) is 0.764. The number of hydrogen-bond donors (Lipinski definition) is 0. The number of rotatable bonds is 5. The van der Waals surface area contributed by atoms with Crippen molar-refractivity contribution in [2.75, 3.05) is 0 Å². The first-order valence-electron chi connectivity index (χ1n) is 8.40. The van der Waals surface area contributed by atoms with Gasteiger partial charge in [-0.2, -0.15) is 4.31 Å². The number of fused-ring (bicyclic) bond motifs is 1. The fraction of sp³-hybridized carbons (Fsp3) is 0.471. The molecule has 1 aliphatic heterocycles. The number of nitrogens with zero attached hydrogens (tertiary/aromatic N) is 3. The second-order valence-corrected chi connectivity index (χ2v) is 8.97. The van der Waals surface area contributed by atoms with Crippen molar-refractivity contribution in [3.8, 4) is 5.75 Å². The van der Waals surface area contributed by atoms with E-state index in [1.807, 2.05) is 13.8 Å². The Balaban J connectivity index is 1.82. The molecule has 6 nitrogen and oxygen atoms in total. The van der Waals surface area contributed by atoms with Gasteiger partial charge in [-0.25, -0.2) is 13.4 Å². The Hall–Kier alpha value is -2.07. The summed E-state index contributed by atoms with van der Waals surface area (Å²) in [6.45, 7) is 4.13. The molecule has 1 unspecified atom stereocenters. The third kappa shape index (κ3) is 4.44. The van der Waals surface area contributed by atoms with Gasteiger partial charge >= 0.3 is 6.36 Å². The van der Waals surface area contributed by atoms with E-state index in [0.29, 0.717) is 12.0 Å². The number of imidazole rings is 1. The lowest BCUT2D eigenvalue weighted by Gasteiger charge is -2.34. The van der Waals surface area contributed by atoms with Gasteiger partial charge in [0.25, 0.3) is 0 Å². The Morgan fingerprint density at radius 2 is 1.93 bits per heavy atom. The molecule has 27 heavy (non-hydrogen) atoms. The molecule has 0 aliphatic carbocycles. The highest BCUT2D eigenvalue weighted by atomic mass is 32.2. The zero-order chi connectivity index (χ0) is 19.8. The van der Waals surface area contributed by atoms with Crippen LogP contribution in [0.5, 0.6) is 5.75 Å². The molecule has 3 rings (SSSR count). The normalized spacial score (nSPS) is 19.9. The largest absolute Gasteiger partial charge is 0.573 e. The minimum Gasteiger partial charge on any atom is -0.406 e. The van der Waals surface area contributed by atoms with Crippen molar-refractivity contribution >= 4 is 10.0 Å². The second kappa shape index (κ2) is 7.16. The summed E-state index contributed by atoms with van der Waals surface area (Å²) in [6, 6.07) is 5.21. The van der Waals surface area contributed by atoms with E-state index in [-0.39, 0.29) is 24.8 Å². The van der Waals surface area contributed by atoms with Gasteiger partial charge in [-0.1, -0.05) is 26.0 Å². The van der Waals surface area contributed by atoms with Gasteiger partial charge < -0.3 is 9.30 Å². The molecule has 0 spiro atoms. The van der Waals surface area contributed by atoms with Gasteiger partial charge in [-0.05, 0) is 30.0 Å². The average Bonchev–Trinajstić information content (AvgIpc) is 2.99. The Morgan fingerprint density at radius 3 is 2.52 bits per heavy atom. The molecule has 1 aromatic carbocycles. The summed E-state index contributed by atoms with van der Waals surface area (Å²) in [4.78, 5) is 4.06. The van der Waals surface area contributed by atoms with Crippen LogP contribution in [0.2, 0.25) is 0 Å². The molecule has 0 bridgehead atoms. The average molecular weight is 403 g/mol. The van der Waals surface area contributed by atoms with Gasteiger partial charge in [0.15, 0.2) is 5.37 Å². The van der Waals surface area contributed by atoms with Crippen LogP contribution in [0.1, 0.15) is 36.9 Å². The van der Waals surface area contributed by atoms with E-state index in [4.69, 9.17) is 0 Å². The van der Waals surface area contributed by atoms with Crippen molar-refractivity contribution in [3.63, 3.8) is 0 Å². The highest BCUT2D eigenvalue weighted by molar-refractivity contribution is 7.89. The fourth-order valence-corrected chi connectivity index (χ4v) is 5.17. The standard InChI is InChI=1S/C17H20F3N3O3S/c1-12(2)7-16-23-11-21-8-14(23)10-22(27(16,24)25)9-13-3-5-15(6-4-13)26-17(18,19)20/h3-6,8,11-12,16H,7,9-10H2,1-2H3. The third-order valence-corrected chi connectivity index (χ3v) is 6.37. The van der Waals surface area contributed by atoms with E-state index in [9.17, 15) is 21.6 Å². The molecule has 2 aromatic rings. The summed E-state index contributed by atoms with van der Waals surface area (Å²) in [6.07, 6.45) is -1.16. The number of halogens is 3. The van der Waals surface area contributed by atoms with Crippen molar-refractivity contribution in [2.45, 2.75) is 45.1 Å². The van der Waals surface area contributed by atoms with Crippen LogP contribution in [0, 0.1) is 5.92 Å². The van der Waals surface area contributed by atoms with Crippen molar-refractivity contribution in [2.24, 2.45) is 5.92 Å². The maximum atomic E-state index is 13.1. The zero-order valence-electron chi connectivity index (χ0n) is 14.8. The number of alkyl halides is 3. The molecule has 1 aliphatic rings. The number of benzene rings is 1. The highest BCUT2D eigenvalue weighted by Crippen LogP contribution is 2.34. The maximum absolute atomic E-state index is 13.1. The lowest BCUT2D eigenvalue weighted by molar-refractivity contribution is -0.274. The van der Waals surface area contributed by atoms with E-state index >= 15 is 0 Å². The van der Waals surface area contributed by atoms with Crippen molar-refractivity contribution < 1.29 is 26.3 Å². The van der Waals surface area contributed by atoms with Crippen LogP contribution in [0.4, 0.5) is 13.2 Å². The Morgan fingerprint density at radius 1 is 1.26 bits per heavy atom. The topological polar surface area (TPSA) is 64.4 Å². The monoisotopic (exact) mass is 403 g/mol. The molecule has 1 aromatic heterocycles. The first-order valence-corrected chi connectivity index (χ1v) is 9.91. The molecule has 0 saturated heterocycles. The van der Waals surface area contributed by atoms with E-state index < -0.39 is 21.8 Å². The SMILES string of the molecule is CC(C)CC1n2cncc2CN(Cc2ccc(OC(F)(F)F)cc2)S1(=O)=O. The summed E-state index contributed by atoms with van der Waals surface area (Å²) in [7, 11) is -3.63. The molecule has 0 saturated carbocycles. The van der Waals surface area contributed by atoms with Gasteiger partial charge in [0.05, 0.1) is 18.6 Å². The lowest BCUT2D eigenvalue weighted by atomic mass is 10.1. The molecular weight excluding hydrogens is 383 g/mol. The number of hydrogen-bond acceptors (Lipinski definition) is 4. The first-order chi connectivity index (χ1) is 12.6. The van der Waals surface area contributed by atoms with Crippen molar-refractivity contribution in [1.82, 2.24) is 13.9 Å². The summed E-state index contributed by atoms with van der Waals surface area (Å²) < 4.78 is 69.8. The van der Waals surface area contributed by atoms with Gasteiger partial charge in [0.2, 0.25) is 10.0 Å². The molecule has 0 amide bonds. The number of aromatic nitrogens is 2. The minimum atomic E-state index is -4.76. The van der Waals surface area contributed by atoms with Crippen LogP contribution >= 0.6 is 0 Å². The maximum Gasteiger partial charge on any atom is 0.573 e. The molecule has 0 fully saturated rings. The smallest absolute Gasteiger partial charge is 0.406 e. The summed E-state index contributed by atoms with van der Waals surface area (Å²) in [5.41, 5.74) is 1.36. The van der Waals surface area contributed by atoms with Crippen LogP contribution < -0.4 is 4.74 Å². The minimum absolute atomic E-state index is 0.0639. The predicted octanol–water partition coefficient (Wildman–Crippen LogP) is 3.67. The Labute approximate surface area is 155 Å². The van der Waals surface area contributed by atoms with E-state index in [2.05, 4.69) is 9.72 Å². The number of ether oxygens (including phenoxy) is 1. The lowest BCUT2D eigenvalue weighted by Crippen LogP contribution is -2.41. The third-order valence-electron chi connectivity index (χ3n) is 4.29. The van der Waals surface area contributed by atoms with Crippen LogP contribution in [0.15, 0.2) is 36.8 Å². The van der Waals surface area contributed by atoms with E-state index in [1.54, 1.807) is 10.8 Å². The van der Waals surface area contributed by atoms with Gasteiger partial charge in [-0.3, -0.25) is 0 Å². The molecular formula is C17H20F3N3O3S. The summed E-state index contributed by atoms with van der Waals surface area (Å²) in [5, 5.41) is -0.739. The molecule has 0 N–H and O–H groups in total. The highest BCUT2D eigenvalue weighted by Gasteiger charge is 2.39. The molecule has 148 valence electrons. The molecule has 0 radical (unpaired) electrons. The zero-order valence-corrected chi connectivity index (χ0v) is 15.7. The van der Waals surface area contributed by atoms with Gasteiger partial charge in [0.1, 0.15) is 5.75 Å². The van der Waals surface area contributed by atoms with E-state index in [0.717, 1.165) is 5.69 Å². The molecule has 2 heterocycles. The Bertz CT molecular complexity index is 892. The van der Waals surface area contributed by atoms with Gasteiger partial charge in [0, 0.05) is 12.7 Å². The van der Waals surface area contributed by atoms with Crippen molar-refractivity contribution in [1.29, 1.82) is 0 Å². The molecule has 10 heteroatoms. The van der Waals surface area contributed by atoms with Crippen LogP contribution in [0.25, 0.3) is 0 Å². The summed E-state index contributed by atoms with van der Waals surface area (Å²) in [5.74, 6) is -0.178. The van der Waals surface area contributed by atoms with Gasteiger partial charge in [-0.15, -0.1) is 13.2 Å². The summed E-state index contributed by atoms with van der Waals surface area (Å²) >= 11 is 0. The Kier molecular flexibility index (Phi) is 5.22. The predicted molar refractivity (Wildman–Crippen MR) is 92.0 cm³/mol. The first kappa shape index (κ1) is 19.7. The van der Waals surface area contributed by atoms with E-state index in [1.165, 1.54) is 34.9 Å². The van der Waals surface area contributed by atoms with Crippen LogP contribution in [-0.4, -0.2) is 28.6 Å². The second-order valence-electron chi connectivity index (χ2n) is 6.88. The molecule has 1 atom stereocenters. The van der Waals surface area contributed by atoms with Crippen molar-refractivity contribution in [3.05, 3.63) is 48.0 Å².